The van der Waals surface area contributed by atoms with Crippen LogP contribution in [-0.4, -0.2) is 35.7 Å². The van der Waals surface area contributed by atoms with Gasteiger partial charge in [0.05, 0.1) is 30.3 Å². The molecule has 0 atom stereocenters. The van der Waals surface area contributed by atoms with Crippen LogP contribution in [0.4, 0.5) is 0 Å². The molecule has 1 aromatic heterocycles. The maximum Gasteiger partial charge on any atom is 0.282 e. The molecule has 39 heavy (non-hydrogen) atoms. The molecule has 7 nitrogen and oxygen atoms in total. The monoisotopic (exact) mass is 525 g/mol. The van der Waals surface area contributed by atoms with E-state index >= 15 is 0 Å². The number of aromatic nitrogens is 2. The number of rotatable bonds is 11. The number of hydrogen-bond donors (Lipinski definition) is 0. The summed E-state index contributed by atoms with van der Waals surface area (Å²) in [7, 11) is 0. The zero-order valence-electron chi connectivity index (χ0n) is 23.2. The highest BCUT2D eigenvalue weighted by Gasteiger charge is 2.18. The number of fused-ring (bicyclic) bond motifs is 1. The fourth-order valence-corrected chi connectivity index (χ4v) is 4.34. The molecule has 0 amide bonds. The van der Waals surface area contributed by atoms with Crippen LogP contribution < -0.4 is 19.8 Å². The maximum absolute atomic E-state index is 13.7. The van der Waals surface area contributed by atoms with Crippen molar-refractivity contribution in [3.8, 4) is 28.6 Å². The van der Waals surface area contributed by atoms with Gasteiger partial charge in [-0.3, -0.25) is 4.79 Å². The van der Waals surface area contributed by atoms with E-state index in [0.29, 0.717) is 48.0 Å². The van der Waals surface area contributed by atoms with E-state index in [1.165, 1.54) is 4.68 Å². The zero-order chi connectivity index (χ0) is 27.9. The first-order chi connectivity index (χ1) is 18.9. The standard InChI is InChI=1S/C32H35N3O4/c1-7-16-39-28-15-14-23(18-30(28)38-9-3)20-33-35-31(34-27-13-11-10-12-24(27)32(35)36)26-19-25(21(4)5)29(37-8-2)17-22(26)6/h7,10-15,17-21H,1,8-9,16H2,2-6H3. The zero-order valence-corrected chi connectivity index (χ0v) is 23.2. The second kappa shape index (κ2) is 12.4. The van der Waals surface area contributed by atoms with Crippen molar-refractivity contribution >= 4 is 17.1 Å². The molecule has 0 saturated carbocycles. The molecule has 3 aromatic carbocycles. The summed E-state index contributed by atoms with van der Waals surface area (Å²) < 4.78 is 18.8. The largest absolute Gasteiger partial charge is 0.494 e. The predicted molar refractivity (Wildman–Crippen MR) is 158 cm³/mol. The number of benzene rings is 3. The van der Waals surface area contributed by atoms with E-state index in [0.717, 1.165) is 28.0 Å². The van der Waals surface area contributed by atoms with Crippen LogP contribution in [0.5, 0.6) is 17.2 Å². The highest BCUT2D eigenvalue weighted by molar-refractivity contribution is 5.83. The van der Waals surface area contributed by atoms with Gasteiger partial charge in [-0.1, -0.05) is 38.6 Å². The molecule has 0 saturated heterocycles. The van der Waals surface area contributed by atoms with Crippen molar-refractivity contribution < 1.29 is 14.2 Å². The lowest BCUT2D eigenvalue weighted by Gasteiger charge is -2.18. The lowest BCUT2D eigenvalue weighted by atomic mass is 9.96. The summed E-state index contributed by atoms with van der Waals surface area (Å²) in [6, 6.07) is 16.9. The summed E-state index contributed by atoms with van der Waals surface area (Å²) in [4.78, 5) is 18.6. The molecule has 0 N–H and O–H groups in total. The molecule has 1 heterocycles. The van der Waals surface area contributed by atoms with Crippen molar-refractivity contribution in [2.45, 2.75) is 40.5 Å². The van der Waals surface area contributed by atoms with Crippen molar-refractivity contribution in [3.05, 3.63) is 94.3 Å². The van der Waals surface area contributed by atoms with Crippen LogP contribution >= 0.6 is 0 Å². The topological polar surface area (TPSA) is 74.9 Å². The first-order valence-electron chi connectivity index (χ1n) is 13.2. The summed E-state index contributed by atoms with van der Waals surface area (Å²) in [6.07, 6.45) is 3.31. The van der Waals surface area contributed by atoms with Gasteiger partial charge < -0.3 is 14.2 Å². The summed E-state index contributed by atoms with van der Waals surface area (Å²) in [5.41, 5.74) is 3.93. The first kappa shape index (κ1) is 27.6. The fourth-order valence-electron chi connectivity index (χ4n) is 4.34. The van der Waals surface area contributed by atoms with E-state index in [1.807, 2.05) is 63.2 Å². The number of para-hydroxylation sites is 1. The third-order valence-corrected chi connectivity index (χ3v) is 6.22. The lowest BCUT2D eigenvalue weighted by molar-refractivity contribution is 0.297. The number of ether oxygens (including phenoxy) is 3. The van der Waals surface area contributed by atoms with Crippen molar-refractivity contribution in [2.24, 2.45) is 5.10 Å². The minimum absolute atomic E-state index is 0.217. The fraction of sp³-hybridized carbons (Fsp3) is 0.281. The van der Waals surface area contributed by atoms with E-state index in [4.69, 9.17) is 19.2 Å². The Morgan fingerprint density at radius 2 is 1.72 bits per heavy atom. The minimum Gasteiger partial charge on any atom is -0.494 e. The Hall–Kier alpha value is -4.39. The predicted octanol–water partition coefficient (Wildman–Crippen LogP) is 6.74. The van der Waals surface area contributed by atoms with E-state index < -0.39 is 0 Å². The Bertz CT molecular complexity index is 1570. The van der Waals surface area contributed by atoms with E-state index in [1.54, 1.807) is 18.4 Å². The molecule has 0 aliphatic heterocycles. The Morgan fingerprint density at radius 3 is 2.44 bits per heavy atom. The second-order valence-corrected chi connectivity index (χ2v) is 9.35. The molecule has 0 spiro atoms. The summed E-state index contributed by atoms with van der Waals surface area (Å²) in [6.45, 7) is 15.2. The normalized spacial score (nSPS) is 11.3. The number of aryl methyl sites for hydroxylation is 1. The average molecular weight is 526 g/mol. The number of nitrogens with zero attached hydrogens (tertiary/aromatic N) is 3. The molecule has 0 unspecified atom stereocenters. The minimum atomic E-state index is -0.248. The maximum atomic E-state index is 13.7. The molecule has 4 aromatic rings. The first-order valence-corrected chi connectivity index (χ1v) is 13.2. The lowest BCUT2D eigenvalue weighted by Crippen LogP contribution is -2.21. The van der Waals surface area contributed by atoms with Crippen molar-refractivity contribution in [1.82, 2.24) is 9.66 Å². The molecular formula is C32H35N3O4. The highest BCUT2D eigenvalue weighted by Crippen LogP contribution is 2.34. The van der Waals surface area contributed by atoms with Crippen LogP contribution in [0.2, 0.25) is 0 Å². The highest BCUT2D eigenvalue weighted by atomic mass is 16.5. The van der Waals surface area contributed by atoms with Crippen LogP contribution in [0.25, 0.3) is 22.3 Å². The van der Waals surface area contributed by atoms with E-state index in [9.17, 15) is 4.79 Å². The SMILES string of the molecule is C=CCOc1ccc(C=Nn2c(-c3cc(C(C)C)c(OCC)cc3C)nc3ccccc3c2=O)cc1OCC. The summed E-state index contributed by atoms with van der Waals surface area (Å²) >= 11 is 0. The van der Waals surface area contributed by atoms with Gasteiger partial charge in [0.15, 0.2) is 17.3 Å². The van der Waals surface area contributed by atoms with Crippen LogP contribution in [-0.2, 0) is 0 Å². The van der Waals surface area contributed by atoms with Crippen LogP contribution in [0.15, 0.2) is 77.1 Å². The third-order valence-electron chi connectivity index (χ3n) is 6.22. The Labute approximate surface area is 229 Å². The molecule has 0 radical (unpaired) electrons. The summed E-state index contributed by atoms with van der Waals surface area (Å²) in [5, 5.41) is 5.14. The van der Waals surface area contributed by atoms with Gasteiger partial charge in [-0.2, -0.15) is 9.78 Å². The van der Waals surface area contributed by atoms with Crippen LogP contribution in [0.1, 0.15) is 50.3 Å². The Kier molecular flexibility index (Phi) is 8.81. The van der Waals surface area contributed by atoms with Gasteiger partial charge in [-0.15, -0.1) is 0 Å². The van der Waals surface area contributed by atoms with Gasteiger partial charge in [0.25, 0.3) is 5.56 Å². The second-order valence-electron chi connectivity index (χ2n) is 9.35. The van der Waals surface area contributed by atoms with Crippen LogP contribution in [0, 0.1) is 6.92 Å². The van der Waals surface area contributed by atoms with E-state index in [2.05, 4.69) is 31.6 Å². The smallest absolute Gasteiger partial charge is 0.282 e. The average Bonchev–Trinajstić information content (AvgIpc) is 2.92. The van der Waals surface area contributed by atoms with E-state index in [-0.39, 0.29) is 11.5 Å². The molecule has 0 fully saturated rings. The summed E-state index contributed by atoms with van der Waals surface area (Å²) in [5.74, 6) is 2.73. The molecule has 202 valence electrons. The quantitative estimate of drug-likeness (QED) is 0.160. The molecule has 0 bridgehead atoms. The van der Waals surface area contributed by atoms with Gasteiger partial charge in [0, 0.05) is 5.56 Å². The third kappa shape index (κ3) is 6.03. The molecular weight excluding hydrogens is 490 g/mol. The van der Waals surface area contributed by atoms with Gasteiger partial charge >= 0.3 is 0 Å². The van der Waals surface area contributed by atoms with Gasteiger partial charge in [-0.25, -0.2) is 4.98 Å². The van der Waals surface area contributed by atoms with Crippen molar-refractivity contribution in [2.75, 3.05) is 19.8 Å². The molecule has 7 heteroatoms. The Balaban J connectivity index is 1.89. The van der Waals surface area contributed by atoms with Gasteiger partial charge in [0.2, 0.25) is 0 Å². The Morgan fingerprint density at radius 1 is 0.974 bits per heavy atom. The molecule has 0 aliphatic rings. The van der Waals surface area contributed by atoms with Crippen LogP contribution in [0.3, 0.4) is 0 Å². The van der Waals surface area contributed by atoms with Crippen molar-refractivity contribution in [1.29, 1.82) is 0 Å². The number of hydrogen-bond acceptors (Lipinski definition) is 6. The van der Waals surface area contributed by atoms with Crippen molar-refractivity contribution in [3.63, 3.8) is 0 Å². The van der Waals surface area contributed by atoms with Gasteiger partial charge in [-0.05, 0) is 85.8 Å². The molecule has 4 rings (SSSR count). The molecule has 0 aliphatic carbocycles. The van der Waals surface area contributed by atoms with Gasteiger partial charge in [0.1, 0.15) is 12.4 Å².